The zero-order chi connectivity index (χ0) is 18.9. The summed E-state index contributed by atoms with van der Waals surface area (Å²) >= 11 is 1.62. The summed E-state index contributed by atoms with van der Waals surface area (Å²) in [5, 5.41) is 3.05. The third kappa shape index (κ3) is 3.30. The number of benzene rings is 2. The molecule has 1 amide bonds. The molecule has 0 unspecified atom stereocenters. The molecule has 142 valence electrons. The fraction of sp³-hybridized carbons (Fsp3) is 0.273. The molecule has 1 aliphatic heterocycles. The van der Waals surface area contributed by atoms with Gasteiger partial charge in [-0.15, -0.1) is 0 Å². The Bertz CT molecular complexity index is 1130. The molecule has 5 nitrogen and oxygen atoms in total. The number of amides is 1. The number of nitrogens with one attached hydrogen (secondary N) is 1. The van der Waals surface area contributed by atoms with E-state index in [4.69, 9.17) is 4.98 Å². The van der Waals surface area contributed by atoms with Crippen LogP contribution >= 0.6 is 11.3 Å². The van der Waals surface area contributed by atoms with Crippen LogP contribution in [0.25, 0.3) is 26.4 Å². The Kier molecular flexibility index (Phi) is 4.58. The van der Waals surface area contributed by atoms with E-state index in [1.165, 1.54) is 12.8 Å². The van der Waals surface area contributed by atoms with Gasteiger partial charge in [-0.2, -0.15) is 0 Å². The molecule has 1 saturated heterocycles. The van der Waals surface area contributed by atoms with Gasteiger partial charge in [-0.3, -0.25) is 9.20 Å². The van der Waals surface area contributed by atoms with E-state index in [9.17, 15) is 4.79 Å². The molecular formula is C22H22N4OS. The first kappa shape index (κ1) is 17.4. The lowest BCUT2D eigenvalue weighted by molar-refractivity contribution is 0.0950. The van der Waals surface area contributed by atoms with E-state index in [1.807, 2.05) is 36.4 Å². The van der Waals surface area contributed by atoms with Crippen LogP contribution in [0.4, 0.5) is 0 Å². The SMILES string of the molecule is O=C(NCCN1CCCC1)c1ccc2c(c1)sc1nc(-c3ccccc3)cn12. The van der Waals surface area contributed by atoms with Crippen LogP contribution in [0.15, 0.2) is 54.7 Å². The molecular weight excluding hydrogens is 368 g/mol. The van der Waals surface area contributed by atoms with Crippen LogP contribution in [-0.2, 0) is 0 Å². The van der Waals surface area contributed by atoms with Gasteiger partial charge in [0.15, 0.2) is 4.96 Å². The minimum atomic E-state index is -0.00267. The Hall–Kier alpha value is -2.70. The Labute approximate surface area is 167 Å². The summed E-state index contributed by atoms with van der Waals surface area (Å²) in [5.74, 6) is -0.00267. The van der Waals surface area contributed by atoms with Gasteiger partial charge in [-0.25, -0.2) is 4.98 Å². The fourth-order valence-electron chi connectivity index (χ4n) is 3.83. The number of carbonyl (C=O) groups is 1. The van der Waals surface area contributed by atoms with Gasteiger partial charge >= 0.3 is 0 Å². The normalized spacial score (nSPS) is 14.9. The number of hydrogen-bond donors (Lipinski definition) is 1. The molecule has 0 atom stereocenters. The van der Waals surface area contributed by atoms with E-state index in [0.29, 0.717) is 12.1 Å². The van der Waals surface area contributed by atoms with Gasteiger partial charge in [-0.1, -0.05) is 41.7 Å². The minimum absolute atomic E-state index is 0.00267. The van der Waals surface area contributed by atoms with E-state index in [2.05, 4.69) is 32.9 Å². The number of aromatic nitrogens is 2. The van der Waals surface area contributed by atoms with Crippen molar-refractivity contribution in [3.63, 3.8) is 0 Å². The molecule has 5 rings (SSSR count). The lowest BCUT2D eigenvalue weighted by Gasteiger charge is -2.14. The highest BCUT2D eigenvalue weighted by atomic mass is 32.1. The summed E-state index contributed by atoms with van der Waals surface area (Å²) in [6, 6.07) is 16.1. The molecule has 4 aromatic rings. The van der Waals surface area contributed by atoms with Crippen molar-refractivity contribution in [3.05, 3.63) is 60.3 Å². The van der Waals surface area contributed by atoms with Gasteiger partial charge in [0.25, 0.3) is 5.91 Å². The zero-order valence-corrected chi connectivity index (χ0v) is 16.4. The van der Waals surface area contributed by atoms with Crippen molar-refractivity contribution < 1.29 is 4.79 Å². The van der Waals surface area contributed by atoms with Crippen molar-refractivity contribution in [1.29, 1.82) is 0 Å². The largest absolute Gasteiger partial charge is 0.351 e. The molecule has 0 bridgehead atoms. The number of hydrogen-bond acceptors (Lipinski definition) is 4. The van der Waals surface area contributed by atoms with Gasteiger partial charge in [0.1, 0.15) is 0 Å². The molecule has 2 aromatic carbocycles. The number of thiazole rings is 1. The molecule has 0 radical (unpaired) electrons. The van der Waals surface area contributed by atoms with Gasteiger partial charge in [0.2, 0.25) is 0 Å². The van der Waals surface area contributed by atoms with E-state index in [0.717, 1.165) is 46.1 Å². The Balaban J connectivity index is 1.35. The van der Waals surface area contributed by atoms with Gasteiger partial charge in [0.05, 0.1) is 15.9 Å². The number of likely N-dealkylation sites (tertiary alicyclic amines) is 1. The Morgan fingerprint density at radius 1 is 1.11 bits per heavy atom. The highest BCUT2D eigenvalue weighted by molar-refractivity contribution is 7.23. The summed E-state index contributed by atoms with van der Waals surface area (Å²) in [4.78, 5) is 20.6. The third-order valence-corrected chi connectivity index (χ3v) is 6.36. The summed E-state index contributed by atoms with van der Waals surface area (Å²) < 4.78 is 3.19. The van der Waals surface area contributed by atoms with E-state index >= 15 is 0 Å². The van der Waals surface area contributed by atoms with Crippen molar-refractivity contribution in [2.24, 2.45) is 0 Å². The Morgan fingerprint density at radius 2 is 1.93 bits per heavy atom. The fourth-order valence-corrected chi connectivity index (χ4v) is 4.87. The predicted octanol–water partition coefficient (Wildman–Crippen LogP) is 4.04. The molecule has 1 aliphatic rings. The molecule has 28 heavy (non-hydrogen) atoms. The first-order chi connectivity index (χ1) is 13.8. The van der Waals surface area contributed by atoms with E-state index in [1.54, 1.807) is 11.3 Å². The van der Waals surface area contributed by atoms with Crippen molar-refractivity contribution in [3.8, 4) is 11.3 Å². The highest BCUT2D eigenvalue weighted by Crippen LogP contribution is 2.30. The molecule has 0 saturated carbocycles. The van der Waals surface area contributed by atoms with Crippen molar-refractivity contribution >= 4 is 32.4 Å². The number of fused-ring (bicyclic) bond motifs is 3. The third-order valence-electron chi connectivity index (χ3n) is 5.34. The maximum absolute atomic E-state index is 12.5. The van der Waals surface area contributed by atoms with Gasteiger partial charge in [-0.05, 0) is 44.1 Å². The molecule has 1 N–H and O–H groups in total. The molecule has 2 aromatic heterocycles. The number of rotatable bonds is 5. The zero-order valence-electron chi connectivity index (χ0n) is 15.6. The minimum Gasteiger partial charge on any atom is -0.351 e. The molecule has 3 heterocycles. The second-order valence-electron chi connectivity index (χ2n) is 7.23. The van der Waals surface area contributed by atoms with Crippen LogP contribution in [0.1, 0.15) is 23.2 Å². The lowest BCUT2D eigenvalue weighted by atomic mass is 10.2. The van der Waals surface area contributed by atoms with Crippen molar-refractivity contribution in [2.45, 2.75) is 12.8 Å². The summed E-state index contributed by atoms with van der Waals surface area (Å²) in [7, 11) is 0. The summed E-state index contributed by atoms with van der Waals surface area (Å²) in [6.45, 7) is 3.94. The quantitative estimate of drug-likeness (QED) is 0.559. The topological polar surface area (TPSA) is 49.6 Å². The van der Waals surface area contributed by atoms with Crippen LogP contribution in [0.2, 0.25) is 0 Å². The van der Waals surface area contributed by atoms with Crippen molar-refractivity contribution in [1.82, 2.24) is 19.6 Å². The summed E-state index contributed by atoms with van der Waals surface area (Å²) in [5.41, 5.74) is 3.88. The average molecular weight is 391 g/mol. The number of carbonyl (C=O) groups excluding carboxylic acids is 1. The maximum Gasteiger partial charge on any atom is 0.251 e. The van der Waals surface area contributed by atoms with Crippen LogP contribution in [-0.4, -0.2) is 46.4 Å². The van der Waals surface area contributed by atoms with Crippen molar-refractivity contribution in [2.75, 3.05) is 26.2 Å². The van der Waals surface area contributed by atoms with Crippen LogP contribution < -0.4 is 5.32 Å². The van der Waals surface area contributed by atoms with E-state index in [-0.39, 0.29) is 5.91 Å². The molecule has 6 heteroatoms. The first-order valence-electron chi connectivity index (χ1n) is 9.75. The highest BCUT2D eigenvalue weighted by Gasteiger charge is 2.14. The lowest BCUT2D eigenvalue weighted by Crippen LogP contribution is -2.33. The summed E-state index contributed by atoms with van der Waals surface area (Å²) in [6.07, 6.45) is 4.62. The van der Waals surface area contributed by atoms with Crippen LogP contribution in [0.5, 0.6) is 0 Å². The average Bonchev–Trinajstić information content (AvgIpc) is 3.44. The van der Waals surface area contributed by atoms with Crippen LogP contribution in [0.3, 0.4) is 0 Å². The number of imidazole rings is 1. The maximum atomic E-state index is 12.5. The second kappa shape index (κ2) is 7.37. The van der Waals surface area contributed by atoms with Crippen LogP contribution in [0, 0.1) is 0 Å². The standard InChI is InChI=1S/C22H22N4OS/c27-21(23-10-13-25-11-4-5-12-25)17-8-9-19-20(14-17)28-22-24-18(15-26(19)22)16-6-2-1-3-7-16/h1-3,6-9,14-15H,4-5,10-13H2,(H,23,27). The first-order valence-corrected chi connectivity index (χ1v) is 10.6. The predicted molar refractivity (Wildman–Crippen MR) is 114 cm³/mol. The van der Waals surface area contributed by atoms with Gasteiger partial charge < -0.3 is 10.2 Å². The smallest absolute Gasteiger partial charge is 0.251 e. The number of nitrogens with zero attached hydrogens (tertiary/aromatic N) is 3. The molecule has 0 aliphatic carbocycles. The second-order valence-corrected chi connectivity index (χ2v) is 8.24. The molecule has 0 spiro atoms. The van der Waals surface area contributed by atoms with E-state index < -0.39 is 0 Å². The Morgan fingerprint density at radius 3 is 2.75 bits per heavy atom. The molecule has 1 fully saturated rings. The van der Waals surface area contributed by atoms with Gasteiger partial charge in [0, 0.05) is 30.4 Å². The monoisotopic (exact) mass is 390 g/mol.